The monoisotopic (exact) mass is 250 g/mol. The molecule has 1 saturated carbocycles. The second-order valence-corrected chi connectivity index (χ2v) is 5.52. The fraction of sp³-hybridized carbons (Fsp3) is 0.733. The summed E-state index contributed by atoms with van der Waals surface area (Å²) in [4.78, 5) is 2.42. The predicted molar refractivity (Wildman–Crippen MR) is 74.3 cm³/mol. The molecule has 0 bridgehead atoms. The highest BCUT2D eigenvalue weighted by molar-refractivity contribution is 5.05. The molecule has 1 fully saturated rings. The Bertz CT molecular complexity index is 328. The van der Waals surface area contributed by atoms with Crippen LogP contribution in [0.25, 0.3) is 0 Å². The lowest BCUT2D eigenvalue weighted by Gasteiger charge is -2.38. The number of nitrogens with two attached hydrogens (primary N) is 1. The van der Waals surface area contributed by atoms with E-state index in [0.29, 0.717) is 12.6 Å². The van der Waals surface area contributed by atoms with Gasteiger partial charge >= 0.3 is 0 Å². The topological polar surface area (TPSA) is 42.4 Å². The summed E-state index contributed by atoms with van der Waals surface area (Å²) < 4.78 is 5.52. The maximum Gasteiger partial charge on any atom is 0.122 e. The van der Waals surface area contributed by atoms with Crippen molar-refractivity contribution in [2.75, 3.05) is 13.6 Å². The van der Waals surface area contributed by atoms with E-state index in [1.165, 1.54) is 32.1 Å². The first-order valence-corrected chi connectivity index (χ1v) is 7.21. The average Bonchev–Trinajstić information content (AvgIpc) is 2.93. The average molecular weight is 250 g/mol. The molecule has 3 nitrogen and oxygen atoms in total. The van der Waals surface area contributed by atoms with E-state index in [2.05, 4.69) is 18.9 Å². The molecular weight excluding hydrogens is 224 g/mol. The van der Waals surface area contributed by atoms with Crippen LogP contribution < -0.4 is 5.73 Å². The summed E-state index contributed by atoms with van der Waals surface area (Å²) in [6, 6.07) is 4.86. The van der Waals surface area contributed by atoms with Crippen molar-refractivity contribution in [3.05, 3.63) is 24.2 Å². The number of hydrogen-bond donors (Lipinski definition) is 1. The number of hydrogen-bond acceptors (Lipinski definition) is 3. The zero-order chi connectivity index (χ0) is 13.0. The minimum absolute atomic E-state index is 0.225. The standard InChI is InChI=1S/C15H26N2O/c1-3-12-6-8-13(9-7-12)17(2)14(11-16)15-5-4-10-18-15/h4-5,10,12-14H,3,6-9,11,16H2,1-2H3. The van der Waals surface area contributed by atoms with Gasteiger partial charge in [0.1, 0.15) is 5.76 Å². The first-order chi connectivity index (χ1) is 8.76. The second-order valence-electron chi connectivity index (χ2n) is 5.52. The van der Waals surface area contributed by atoms with Crippen LogP contribution in [-0.4, -0.2) is 24.5 Å². The van der Waals surface area contributed by atoms with Crippen LogP contribution in [0.1, 0.15) is 50.8 Å². The van der Waals surface area contributed by atoms with Crippen molar-refractivity contribution in [1.29, 1.82) is 0 Å². The maximum absolute atomic E-state index is 5.92. The minimum atomic E-state index is 0.225. The van der Waals surface area contributed by atoms with Gasteiger partial charge in [-0.1, -0.05) is 13.3 Å². The lowest BCUT2D eigenvalue weighted by molar-refractivity contribution is 0.110. The van der Waals surface area contributed by atoms with Gasteiger partial charge in [-0.05, 0) is 50.8 Å². The Labute approximate surface area is 110 Å². The van der Waals surface area contributed by atoms with Crippen LogP contribution in [0.15, 0.2) is 22.8 Å². The molecule has 0 saturated heterocycles. The maximum atomic E-state index is 5.92. The van der Waals surface area contributed by atoms with Crippen molar-refractivity contribution in [1.82, 2.24) is 4.90 Å². The summed E-state index contributed by atoms with van der Waals surface area (Å²) in [5.74, 6) is 1.94. The van der Waals surface area contributed by atoms with Crippen molar-refractivity contribution in [3.8, 4) is 0 Å². The quantitative estimate of drug-likeness (QED) is 0.872. The molecule has 0 spiro atoms. The molecule has 18 heavy (non-hydrogen) atoms. The summed E-state index contributed by atoms with van der Waals surface area (Å²) in [5, 5.41) is 0. The summed E-state index contributed by atoms with van der Waals surface area (Å²) in [6.45, 7) is 2.93. The Morgan fingerprint density at radius 1 is 1.39 bits per heavy atom. The molecule has 1 aromatic heterocycles. The Kier molecular flexibility index (Phi) is 4.84. The van der Waals surface area contributed by atoms with Crippen molar-refractivity contribution < 1.29 is 4.42 Å². The molecule has 1 aliphatic carbocycles. The van der Waals surface area contributed by atoms with Gasteiger partial charge in [0, 0.05) is 12.6 Å². The van der Waals surface area contributed by atoms with E-state index in [1.807, 2.05) is 12.1 Å². The zero-order valence-corrected chi connectivity index (χ0v) is 11.6. The number of nitrogens with zero attached hydrogens (tertiary/aromatic N) is 1. The van der Waals surface area contributed by atoms with Crippen molar-refractivity contribution in [2.24, 2.45) is 11.7 Å². The van der Waals surface area contributed by atoms with Gasteiger partial charge in [-0.2, -0.15) is 0 Å². The zero-order valence-electron chi connectivity index (χ0n) is 11.6. The molecule has 1 aliphatic rings. The molecule has 2 N–H and O–H groups in total. The van der Waals surface area contributed by atoms with Gasteiger partial charge in [0.2, 0.25) is 0 Å². The van der Waals surface area contributed by atoms with Gasteiger partial charge in [0.05, 0.1) is 12.3 Å². The molecular formula is C15H26N2O. The van der Waals surface area contributed by atoms with Gasteiger partial charge in [-0.3, -0.25) is 4.90 Å². The van der Waals surface area contributed by atoms with Crippen molar-refractivity contribution in [2.45, 2.75) is 51.1 Å². The van der Waals surface area contributed by atoms with E-state index >= 15 is 0 Å². The summed E-state index contributed by atoms with van der Waals surface area (Å²) >= 11 is 0. The second kappa shape index (κ2) is 6.39. The van der Waals surface area contributed by atoms with Gasteiger partial charge < -0.3 is 10.2 Å². The largest absolute Gasteiger partial charge is 0.468 e. The molecule has 0 radical (unpaired) electrons. The predicted octanol–water partition coefficient (Wildman–Crippen LogP) is 3.18. The molecule has 1 heterocycles. The van der Waals surface area contributed by atoms with Crippen LogP contribution in [0, 0.1) is 5.92 Å². The van der Waals surface area contributed by atoms with Crippen LogP contribution in [0.2, 0.25) is 0 Å². The Morgan fingerprint density at radius 2 is 2.11 bits per heavy atom. The van der Waals surface area contributed by atoms with Crippen molar-refractivity contribution in [3.63, 3.8) is 0 Å². The fourth-order valence-electron chi connectivity index (χ4n) is 3.18. The van der Waals surface area contributed by atoms with E-state index in [4.69, 9.17) is 10.2 Å². The SMILES string of the molecule is CCC1CCC(N(C)C(CN)c2ccco2)CC1. The lowest BCUT2D eigenvalue weighted by atomic mass is 9.83. The van der Waals surface area contributed by atoms with Crippen LogP contribution in [0.5, 0.6) is 0 Å². The number of furan rings is 1. The van der Waals surface area contributed by atoms with Gasteiger partial charge in [-0.15, -0.1) is 0 Å². The molecule has 1 unspecified atom stereocenters. The third-order valence-electron chi connectivity index (χ3n) is 4.56. The number of likely N-dealkylation sites (N-methyl/N-ethyl adjacent to an activating group) is 1. The molecule has 102 valence electrons. The van der Waals surface area contributed by atoms with Gasteiger partial charge in [-0.25, -0.2) is 0 Å². The lowest BCUT2D eigenvalue weighted by Crippen LogP contribution is -2.40. The summed E-state index contributed by atoms with van der Waals surface area (Å²) in [6.07, 6.45) is 8.38. The Morgan fingerprint density at radius 3 is 2.61 bits per heavy atom. The summed E-state index contributed by atoms with van der Waals surface area (Å²) in [7, 11) is 2.19. The first kappa shape index (κ1) is 13.6. The third kappa shape index (κ3) is 2.96. The number of rotatable bonds is 5. The summed E-state index contributed by atoms with van der Waals surface area (Å²) in [5.41, 5.74) is 5.92. The molecule has 3 heteroatoms. The molecule has 2 rings (SSSR count). The van der Waals surface area contributed by atoms with Crippen LogP contribution >= 0.6 is 0 Å². The van der Waals surface area contributed by atoms with Gasteiger partial charge in [0.15, 0.2) is 0 Å². The molecule has 0 aliphatic heterocycles. The Balaban J connectivity index is 1.96. The highest BCUT2D eigenvalue weighted by Gasteiger charge is 2.28. The Hall–Kier alpha value is -0.800. The normalized spacial score (nSPS) is 26.4. The first-order valence-electron chi connectivity index (χ1n) is 7.21. The fourth-order valence-corrected chi connectivity index (χ4v) is 3.18. The van der Waals surface area contributed by atoms with Crippen LogP contribution in [0.3, 0.4) is 0 Å². The van der Waals surface area contributed by atoms with E-state index in [1.54, 1.807) is 6.26 Å². The molecule has 1 atom stereocenters. The van der Waals surface area contributed by atoms with E-state index in [9.17, 15) is 0 Å². The smallest absolute Gasteiger partial charge is 0.122 e. The highest BCUT2D eigenvalue weighted by atomic mass is 16.3. The molecule has 0 amide bonds. The van der Waals surface area contributed by atoms with Crippen LogP contribution in [-0.2, 0) is 0 Å². The minimum Gasteiger partial charge on any atom is -0.468 e. The third-order valence-corrected chi connectivity index (χ3v) is 4.56. The van der Waals surface area contributed by atoms with Gasteiger partial charge in [0.25, 0.3) is 0 Å². The molecule has 1 aromatic rings. The van der Waals surface area contributed by atoms with Crippen molar-refractivity contribution >= 4 is 0 Å². The molecule has 0 aromatic carbocycles. The van der Waals surface area contributed by atoms with E-state index < -0.39 is 0 Å². The van der Waals surface area contributed by atoms with Crippen LogP contribution in [0.4, 0.5) is 0 Å². The van der Waals surface area contributed by atoms with E-state index in [0.717, 1.165) is 11.7 Å². The highest BCUT2D eigenvalue weighted by Crippen LogP contribution is 2.32. The van der Waals surface area contributed by atoms with E-state index in [-0.39, 0.29) is 6.04 Å².